The quantitative estimate of drug-likeness (QED) is 0.745. The van der Waals surface area contributed by atoms with Crippen molar-refractivity contribution in [3.05, 3.63) is 47.0 Å². The Bertz CT molecular complexity index is 839. The topological polar surface area (TPSA) is 50.6 Å². The molecule has 0 aliphatic carbocycles. The highest BCUT2D eigenvalue weighted by Crippen LogP contribution is 2.29. The van der Waals surface area contributed by atoms with Gasteiger partial charge in [0.25, 0.3) is 5.91 Å². The Morgan fingerprint density at radius 2 is 1.93 bits per heavy atom. The fourth-order valence-electron chi connectivity index (χ4n) is 4.15. The van der Waals surface area contributed by atoms with E-state index in [1.807, 2.05) is 30.4 Å². The first-order valence-corrected chi connectivity index (χ1v) is 10.9. The average molecular weight is 417 g/mol. The maximum atomic E-state index is 13.0. The number of benzene rings is 1. The molecule has 1 amide bonds. The van der Waals surface area contributed by atoms with E-state index < -0.39 is 0 Å². The van der Waals surface area contributed by atoms with Gasteiger partial charge in [-0.2, -0.15) is 0 Å². The molecule has 7 heteroatoms. The smallest absolute Gasteiger partial charge is 0.257 e. The summed E-state index contributed by atoms with van der Waals surface area (Å²) in [6.07, 6.45) is 9.11. The van der Waals surface area contributed by atoms with Gasteiger partial charge in [0.15, 0.2) is 0 Å². The van der Waals surface area contributed by atoms with Crippen LogP contribution in [0.5, 0.6) is 5.75 Å². The average Bonchev–Trinajstić information content (AvgIpc) is 3.14. The molecule has 1 aromatic carbocycles. The maximum Gasteiger partial charge on any atom is 0.257 e. The van der Waals surface area contributed by atoms with E-state index in [1.165, 1.54) is 6.42 Å². The van der Waals surface area contributed by atoms with E-state index in [-0.39, 0.29) is 12.0 Å². The zero-order valence-electron chi connectivity index (χ0n) is 17.0. The molecule has 0 N–H and O–H groups in total. The minimum Gasteiger partial charge on any atom is -0.489 e. The lowest BCUT2D eigenvalue weighted by Crippen LogP contribution is -2.39. The van der Waals surface area contributed by atoms with Crippen molar-refractivity contribution in [1.29, 1.82) is 0 Å². The van der Waals surface area contributed by atoms with Crippen molar-refractivity contribution < 1.29 is 9.53 Å². The molecule has 2 saturated heterocycles. The number of carbonyl (C=O) groups is 1. The van der Waals surface area contributed by atoms with Crippen molar-refractivity contribution in [3.63, 3.8) is 0 Å². The van der Waals surface area contributed by atoms with Gasteiger partial charge in [0.1, 0.15) is 17.7 Å². The van der Waals surface area contributed by atoms with E-state index in [4.69, 9.17) is 16.3 Å². The summed E-state index contributed by atoms with van der Waals surface area (Å²) in [4.78, 5) is 21.8. The Labute approximate surface area is 177 Å². The summed E-state index contributed by atoms with van der Waals surface area (Å²) >= 11 is 6.22. The summed E-state index contributed by atoms with van der Waals surface area (Å²) in [5, 5.41) is 0.599. The number of aryl methyl sites for hydroxylation is 1. The fourth-order valence-corrected chi connectivity index (χ4v) is 4.31. The van der Waals surface area contributed by atoms with Crippen LogP contribution >= 0.6 is 11.6 Å². The van der Waals surface area contributed by atoms with Gasteiger partial charge in [-0.1, -0.05) is 11.6 Å². The van der Waals surface area contributed by atoms with Crippen molar-refractivity contribution >= 4 is 17.5 Å². The van der Waals surface area contributed by atoms with Crippen LogP contribution < -0.4 is 4.74 Å². The SMILES string of the molecule is Cn1ccnc1CN1CCC(Oc2cc(Cl)ccc2C(=O)N2CCCCC2)CC1. The van der Waals surface area contributed by atoms with Gasteiger partial charge in [-0.05, 0) is 50.3 Å². The second-order valence-corrected chi connectivity index (χ2v) is 8.48. The van der Waals surface area contributed by atoms with Gasteiger partial charge in [0.05, 0.1) is 12.1 Å². The van der Waals surface area contributed by atoms with Crippen LogP contribution in [-0.2, 0) is 13.6 Å². The summed E-state index contributed by atoms with van der Waals surface area (Å²) in [6.45, 7) is 4.41. The molecule has 3 heterocycles. The van der Waals surface area contributed by atoms with Crippen molar-refractivity contribution in [1.82, 2.24) is 19.4 Å². The molecule has 0 atom stereocenters. The summed E-state index contributed by atoms with van der Waals surface area (Å²) in [5.41, 5.74) is 0.631. The van der Waals surface area contributed by atoms with Crippen molar-refractivity contribution in [3.8, 4) is 5.75 Å². The third-order valence-electron chi connectivity index (χ3n) is 5.93. The number of likely N-dealkylation sites (tertiary alicyclic amines) is 2. The minimum atomic E-state index is 0.0589. The molecule has 4 rings (SSSR count). The first-order chi connectivity index (χ1) is 14.1. The number of carbonyl (C=O) groups excluding carboxylic acids is 1. The maximum absolute atomic E-state index is 13.0. The monoisotopic (exact) mass is 416 g/mol. The van der Waals surface area contributed by atoms with Gasteiger partial charge in [-0.25, -0.2) is 4.98 Å². The summed E-state index contributed by atoms with van der Waals surface area (Å²) < 4.78 is 8.37. The van der Waals surface area contributed by atoms with Crippen molar-refractivity contribution in [2.45, 2.75) is 44.8 Å². The zero-order valence-corrected chi connectivity index (χ0v) is 17.8. The molecule has 156 valence electrons. The van der Waals surface area contributed by atoms with Gasteiger partial charge in [-0.3, -0.25) is 9.69 Å². The highest BCUT2D eigenvalue weighted by atomic mass is 35.5. The van der Waals surface area contributed by atoms with E-state index in [9.17, 15) is 4.79 Å². The van der Waals surface area contributed by atoms with Gasteiger partial charge < -0.3 is 14.2 Å². The van der Waals surface area contributed by atoms with Crippen LogP contribution in [-0.4, -0.2) is 57.5 Å². The third kappa shape index (κ3) is 4.93. The van der Waals surface area contributed by atoms with E-state index in [0.29, 0.717) is 16.3 Å². The van der Waals surface area contributed by atoms with Crippen LogP contribution in [0.25, 0.3) is 0 Å². The molecule has 0 unspecified atom stereocenters. The number of imidazole rings is 1. The number of hydrogen-bond acceptors (Lipinski definition) is 4. The van der Waals surface area contributed by atoms with Crippen LogP contribution in [0.3, 0.4) is 0 Å². The summed E-state index contributed by atoms with van der Waals surface area (Å²) in [6, 6.07) is 5.38. The van der Waals surface area contributed by atoms with E-state index >= 15 is 0 Å². The number of piperidine rings is 2. The molecule has 0 saturated carbocycles. The molecular weight excluding hydrogens is 388 g/mol. The molecule has 29 heavy (non-hydrogen) atoms. The third-order valence-corrected chi connectivity index (χ3v) is 6.17. The molecule has 2 fully saturated rings. The largest absolute Gasteiger partial charge is 0.489 e. The van der Waals surface area contributed by atoms with Crippen LogP contribution in [0, 0.1) is 0 Å². The predicted octanol–water partition coefficient (Wildman–Crippen LogP) is 3.74. The van der Waals surface area contributed by atoms with Gasteiger partial charge >= 0.3 is 0 Å². The molecule has 0 bridgehead atoms. The molecule has 2 aliphatic heterocycles. The van der Waals surface area contributed by atoms with Crippen LogP contribution in [0.1, 0.15) is 48.3 Å². The first kappa shape index (κ1) is 20.2. The second-order valence-electron chi connectivity index (χ2n) is 8.04. The Hall–Kier alpha value is -2.05. The molecule has 0 spiro atoms. The van der Waals surface area contributed by atoms with Crippen LogP contribution in [0.2, 0.25) is 5.02 Å². The Kier molecular flexibility index (Phi) is 6.40. The second kappa shape index (κ2) is 9.18. The number of hydrogen-bond donors (Lipinski definition) is 0. The standard InChI is InChI=1S/C22H29ClN4O2/c1-25-14-9-24-21(25)16-26-12-7-18(8-13-26)29-20-15-17(23)5-6-19(20)22(28)27-10-3-2-4-11-27/h5-6,9,14-15,18H,2-4,7-8,10-13,16H2,1H3. The van der Waals surface area contributed by atoms with E-state index in [0.717, 1.165) is 64.2 Å². The van der Waals surface area contributed by atoms with Crippen molar-refractivity contribution in [2.24, 2.45) is 7.05 Å². The minimum absolute atomic E-state index is 0.0589. The lowest BCUT2D eigenvalue weighted by molar-refractivity contribution is 0.0701. The van der Waals surface area contributed by atoms with Gasteiger partial charge in [0.2, 0.25) is 0 Å². The Morgan fingerprint density at radius 1 is 1.17 bits per heavy atom. The normalized spacial score (nSPS) is 18.8. The predicted molar refractivity (Wildman–Crippen MR) is 113 cm³/mol. The van der Waals surface area contributed by atoms with E-state index in [1.54, 1.807) is 12.1 Å². The summed E-state index contributed by atoms with van der Waals surface area (Å²) in [7, 11) is 2.03. The zero-order chi connectivity index (χ0) is 20.2. The Morgan fingerprint density at radius 3 is 2.62 bits per heavy atom. The number of rotatable bonds is 5. The number of nitrogens with zero attached hydrogens (tertiary/aromatic N) is 4. The number of halogens is 1. The number of amides is 1. The molecule has 0 radical (unpaired) electrons. The Balaban J connectivity index is 1.38. The van der Waals surface area contributed by atoms with Gasteiger partial charge in [0, 0.05) is 50.6 Å². The molecular formula is C22H29ClN4O2. The molecule has 1 aromatic heterocycles. The fraction of sp³-hybridized carbons (Fsp3) is 0.545. The molecule has 2 aromatic rings. The molecule has 2 aliphatic rings. The lowest BCUT2D eigenvalue weighted by Gasteiger charge is -2.33. The number of aromatic nitrogens is 2. The van der Waals surface area contributed by atoms with E-state index in [2.05, 4.69) is 14.5 Å². The lowest BCUT2D eigenvalue weighted by atomic mass is 10.1. The highest BCUT2D eigenvalue weighted by Gasteiger charge is 2.26. The first-order valence-electron chi connectivity index (χ1n) is 10.5. The van der Waals surface area contributed by atoms with Crippen LogP contribution in [0.4, 0.5) is 0 Å². The molecule has 6 nitrogen and oxygen atoms in total. The number of ether oxygens (including phenoxy) is 1. The highest BCUT2D eigenvalue weighted by molar-refractivity contribution is 6.30. The van der Waals surface area contributed by atoms with Gasteiger partial charge in [-0.15, -0.1) is 0 Å². The van der Waals surface area contributed by atoms with Crippen molar-refractivity contribution in [2.75, 3.05) is 26.2 Å². The van der Waals surface area contributed by atoms with Crippen LogP contribution in [0.15, 0.2) is 30.6 Å². The summed E-state index contributed by atoms with van der Waals surface area (Å²) in [5.74, 6) is 1.76.